The Morgan fingerprint density at radius 1 is 1.30 bits per heavy atom. The van der Waals surface area contributed by atoms with Gasteiger partial charge in [0.15, 0.2) is 0 Å². The molecule has 1 aromatic rings. The number of carbonyl (C=O) groups is 1. The number of amides is 1. The van der Waals surface area contributed by atoms with E-state index in [0.29, 0.717) is 31.1 Å². The first-order valence-corrected chi connectivity index (χ1v) is 8.64. The van der Waals surface area contributed by atoms with Crippen LogP contribution in [0.5, 0.6) is 0 Å². The van der Waals surface area contributed by atoms with Gasteiger partial charge in [-0.3, -0.25) is 4.79 Å². The normalized spacial score (nSPS) is 17.1. The molecule has 0 aromatic carbocycles. The number of piperazine rings is 1. The molecule has 1 aliphatic rings. The van der Waals surface area contributed by atoms with Crippen LogP contribution in [0.1, 0.15) is 11.8 Å². The predicted octanol–water partition coefficient (Wildman–Crippen LogP) is 0.235. The van der Waals surface area contributed by atoms with Gasteiger partial charge in [0.05, 0.1) is 4.88 Å². The van der Waals surface area contributed by atoms with Crippen molar-refractivity contribution in [3.05, 3.63) is 17.0 Å². The Bertz CT molecular complexity index is 630. The lowest BCUT2D eigenvalue weighted by atomic mass is 10.3. The van der Waals surface area contributed by atoms with E-state index in [1.165, 1.54) is 17.3 Å². The summed E-state index contributed by atoms with van der Waals surface area (Å²) in [6.45, 7) is 2.94. The second kappa shape index (κ2) is 5.76. The van der Waals surface area contributed by atoms with Crippen LogP contribution in [-0.2, 0) is 14.8 Å². The summed E-state index contributed by atoms with van der Waals surface area (Å²) in [5, 5.41) is 0. The Morgan fingerprint density at radius 2 is 1.90 bits per heavy atom. The van der Waals surface area contributed by atoms with Crippen LogP contribution < -0.4 is 5.73 Å². The van der Waals surface area contributed by atoms with Crippen LogP contribution in [-0.4, -0.2) is 54.7 Å². The van der Waals surface area contributed by atoms with Crippen LogP contribution in [0.25, 0.3) is 0 Å². The average molecular weight is 333 g/mol. The van der Waals surface area contributed by atoms with Gasteiger partial charge in [-0.1, -0.05) is 12.2 Å². The first-order valence-electron chi connectivity index (χ1n) is 5.97. The molecule has 0 unspecified atom stereocenters. The molecular formula is C11H15N3O3S3. The highest BCUT2D eigenvalue weighted by Gasteiger charge is 2.30. The Labute approximate surface area is 127 Å². The summed E-state index contributed by atoms with van der Waals surface area (Å²) >= 11 is 5.91. The van der Waals surface area contributed by atoms with Crippen LogP contribution in [0.15, 0.2) is 16.3 Å². The zero-order chi connectivity index (χ0) is 14.9. The van der Waals surface area contributed by atoms with Crippen LogP contribution in [0.4, 0.5) is 0 Å². The predicted molar refractivity (Wildman–Crippen MR) is 81.2 cm³/mol. The zero-order valence-corrected chi connectivity index (χ0v) is 13.4. The minimum Gasteiger partial charge on any atom is -0.389 e. The summed E-state index contributed by atoms with van der Waals surface area (Å²) in [5.41, 5.74) is 5.49. The van der Waals surface area contributed by atoms with Crippen molar-refractivity contribution in [2.75, 3.05) is 26.2 Å². The maximum atomic E-state index is 12.4. The molecule has 6 nitrogen and oxygen atoms in total. The number of rotatable bonds is 3. The Hall–Kier alpha value is -1.03. The summed E-state index contributed by atoms with van der Waals surface area (Å²) in [6, 6.07) is 3.14. The van der Waals surface area contributed by atoms with Crippen molar-refractivity contribution in [2.24, 2.45) is 5.73 Å². The summed E-state index contributed by atoms with van der Waals surface area (Å²) in [5.74, 6) is -0.0334. The number of nitrogens with two attached hydrogens (primary N) is 1. The van der Waals surface area contributed by atoms with Crippen LogP contribution >= 0.6 is 23.6 Å². The fourth-order valence-corrected chi connectivity index (χ4v) is 4.89. The van der Waals surface area contributed by atoms with Gasteiger partial charge in [-0.15, -0.1) is 11.3 Å². The molecule has 1 aliphatic heterocycles. The summed E-state index contributed by atoms with van der Waals surface area (Å²) in [6.07, 6.45) is 0. The summed E-state index contributed by atoms with van der Waals surface area (Å²) in [4.78, 5) is 13.7. The van der Waals surface area contributed by atoms with Gasteiger partial charge in [-0.05, 0) is 12.1 Å². The molecule has 0 radical (unpaired) electrons. The van der Waals surface area contributed by atoms with E-state index >= 15 is 0 Å². The smallest absolute Gasteiger partial charge is 0.252 e. The van der Waals surface area contributed by atoms with Gasteiger partial charge in [0.2, 0.25) is 5.91 Å². The van der Waals surface area contributed by atoms with Crippen molar-refractivity contribution in [1.29, 1.82) is 0 Å². The molecule has 0 saturated carbocycles. The van der Waals surface area contributed by atoms with Crippen LogP contribution in [0.3, 0.4) is 0 Å². The molecule has 1 fully saturated rings. The van der Waals surface area contributed by atoms with Crippen molar-refractivity contribution >= 4 is 44.5 Å². The van der Waals surface area contributed by atoms with Crippen LogP contribution in [0, 0.1) is 0 Å². The van der Waals surface area contributed by atoms with E-state index in [-0.39, 0.29) is 15.1 Å². The maximum absolute atomic E-state index is 12.4. The third kappa shape index (κ3) is 3.00. The zero-order valence-electron chi connectivity index (χ0n) is 10.9. The third-order valence-electron chi connectivity index (χ3n) is 3.10. The van der Waals surface area contributed by atoms with Gasteiger partial charge >= 0.3 is 0 Å². The van der Waals surface area contributed by atoms with Gasteiger partial charge in [0.25, 0.3) is 10.0 Å². The average Bonchev–Trinajstić information content (AvgIpc) is 2.89. The molecular weight excluding hydrogens is 318 g/mol. The van der Waals surface area contributed by atoms with Crippen molar-refractivity contribution in [3.63, 3.8) is 0 Å². The monoisotopic (exact) mass is 333 g/mol. The largest absolute Gasteiger partial charge is 0.389 e. The molecule has 0 spiro atoms. The second-order valence-corrected chi connectivity index (χ2v) is 8.08. The standard InChI is InChI=1S/C11H15N3O3S3/c1-8(15)13-4-6-14(7-5-13)20(16,17)10-3-2-9(19-10)11(12)18/h2-3H,4-7H2,1H3,(H2,12,18). The highest BCUT2D eigenvalue weighted by atomic mass is 32.2. The number of thiophene rings is 1. The summed E-state index contributed by atoms with van der Waals surface area (Å²) < 4.78 is 26.5. The number of hydrogen-bond donors (Lipinski definition) is 1. The van der Waals surface area contributed by atoms with Crippen molar-refractivity contribution in [2.45, 2.75) is 11.1 Å². The van der Waals surface area contributed by atoms with E-state index < -0.39 is 10.0 Å². The molecule has 0 bridgehead atoms. The van der Waals surface area contributed by atoms with Gasteiger partial charge in [-0.2, -0.15) is 4.31 Å². The van der Waals surface area contributed by atoms with E-state index in [2.05, 4.69) is 0 Å². The molecule has 110 valence electrons. The SMILES string of the molecule is CC(=O)N1CCN(S(=O)(=O)c2ccc(C(N)=S)s2)CC1. The number of sulfonamides is 1. The molecule has 2 N–H and O–H groups in total. The quantitative estimate of drug-likeness (QED) is 0.801. The Balaban J connectivity index is 2.15. The lowest BCUT2D eigenvalue weighted by molar-refractivity contribution is -0.129. The van der Waals surface area contributed by atoms with E-state index in [1.54, 1.807) is 11.0 Å². The number of carbonyl (C=O) groups excluding carboxylic acids is 1. The number of hydrogen-bond acceptors (Lipinski definition) is 5. The molecule has 1 saturated heterocycles. The van der Waals surface area contributed by atoms with Gasteiger partial charge in [0.1, 0.15) is 9.20 Å². The van der Waals surface area contributed by atoms with Crippen molar-refractivity contribution < 1.29 is 13.2 Å². The first kappa shape index (κ1) is 15.4. The molecule has 9 heteroatoms. The van der Waals surface area contributed by atoms with Gasteiger partial charge in [0, 0.05) is 33.1 Å². The highest BCUT2D eigenvalue weighted by Crippen LogP contribution is 2.25. The van der Waals surface area contributed by atoms with Gasteiger partial charge < -0.3 is 10.6 Å². The third-order valence-corrected chi connectivity index (χ3v) is 6.94. The lowest BCUT2D eigenvalue weighted by Crippen LogP contribution is -2.49. The van der Waals surface area contributed by atoms with E-state index in [0.717, 1.165) is 11.3 Å². The van der Waals surface area contributed by atoms with Gasteiger partial charge in [-0.25, -0.2) is 8.42 Å². The molecule has 0 atom stereocenters. The topological polar surface area (TPSA) is 83.7 Å². The van der Waals surface area contributed by atoms with E-state index in [4.69, 9.17) is 18.0 Å². The fraction of sp³-hybridized carbons (Fsp3) is 0.455. The minimum absolute atomic E-state index is 0.0334. The van der Waals surface area contributed by atoms with Crippen molar-refractivity contribution in [1.82, 2.24) is 9.21 Å². The van der Waals surface area contributed by atoms with Crippen LogP contribution in [0.2, 0.25) is 0 Å². The first-order chi connectivity index (χ1) is 9.32. The molecule has 0 aliphatic carbocycles. The van der Waals surface area contributed by atoms with E-state index in [1.807, 2.05) is 0 Å². The Morgan fingerprint density at radius 3 is 2.35 bits per heavy atom. The lowest BCUT2D eigenvalue weighted by Gasteiger charge is -2.33. The molecule has 20 heavy (non-hydrogen) atoms. The maximum Gasteiger partial charge on any atom is 0.252 e. The highest BCUT2D eigenvalue weighted by molar-refractivity contribution is 7.91. The number of nitrogens with zero attached hydrogens (tertiary/aromatic N) is 2. The van der Waals surface area contributed by atoms with Crippen molar-refractivity contribution in [3.8, 4) is 0 Å². The molecule has 1 aromatic heterocycles. The fourth-order valence-electron chi connectivity index (χ4n) is 1.96. The Kier molecular flexibility index (Phi) is 4.43. The second-order valence-electron chi connectivity index (χ2n) is 4.39. The number of thiocarbonyl (C=S) groups is 1. The molecule has 2 rings (SSSR count). The minimum atomic E-state index is -3.53. The van der Waals surface area contributed by atoms with E-state index in [9.17, 15) is 13.2 Å². The molecule has 1 amide bonds. The summed E-state index contributed by atoms with van der Waals surface area (Å²) in [7, 11) is -3.53. The molecule has 2 heterocycles.